The third-order valence-corrected chi connectivity index (χ3v) is 4.70. The Kier molecular flexibility index (Phi) is 6.64. The quantitative estimate of drug-likeness (QED) is 0.812. The molecular formula is C20H24ClN3O2. The van der Waals surface area contributed by atoms with Gasteiger partial charge in [0.1, 0.15) is 0 Å². The summed E-state index contributed by atoms with van der Waals surface area (Å²) >= 11 is 0. The Hall–Kier alpha value is -2.53. The van der Waals surface area contributed by atoms with Crippen molar-refractivity contribution in [1.29, 1.82) is 0 Å². The average Bonchev–Trinajstić information content (AvgIpc) is 2.62. The van der Waals surface area contributed by atoms with Crippen LogP contribution in [0.2, 0.25) is 0 Å². The fraction of sp³-hybridized carbons (Fsp3) is 0.300. The van der Waals surface area contributed by atoms with Crippen molar-refractivity contribution in [2.24, 2.45) is 0 Å². The van der Waals surface area contributed by atoms with Gasteiger partial charge in [-0.1, -0.05) is 30.3 Å². The molecule has 1 aliphatic rings. The standard InChI is InChI=1S/C20H23N3O2.ClH/c1-14-6-2-3-7-16(14)19(24)22-15-10-12-23(13-11-15)20(25)17-8-4-5-9-18(17)21;/h2-9,15H,10-13,21H2,1H3,(H,22,24);1H. The second-order valence-electron chi connectivity index (χ2n) is 6.44. The van der Waals surface area contributed by atoms with Gasteiger partial charge < -0.3 is 16.0 Å². The molecule has 0 aliphatic carbocycles. The van der Waals surface area contributed by atoms with E-state index in [0.29, 0.717) is 29.9 Å². The van der Waals surface area contributed by atoms with Crippen molar-refractivity contribution in [2.45, 2.75) is 25.8 Å². The maximum Gasteiger partial charge on any atom is 0.255 e. The predicted octanol–water partition coefficient (Wildman–Crippen LogP) is 3.03. The number of nitrogens with one attached hydrogen (secondary N) is 1. The minimum absolute atomic E-state index is 0. The summed E-state index contributed by atoms with van der Waals surface area (Å²) in [7, 11) is 0. The number of likely N-dealkylation sites (tertiary alicyclic amines) is 1. The number of amides is 2. The minimum atomic E-state index is -0.0461. The molecule has 1 saturated heterocycles. The number of hydrogen-bond donors (Lipinski definition) is 2. The summed E-state index contributed by atoms with van der Waals surface area (Å²) in [5.74, 6) is -0.0861. The Morgan fingerprint density at radius 2 is 1.58 bits per heavy atom. The number of aryl methyl sites for hydroxylation is 1. The Labute approximate surface area is 160 Å². The van der Waals surface area contributed by atoms with E-state index < -0.39 is 0 Å². The number of carbonyl (C=O) groups is 2. The minimum Gasteiger partial charge on any atom is -0.398 e. The highest BCUT2D eigenvalue weighted by Gasteiger charge is 2.25. The SMILES string of the molecule is Cc1ccccc1C(=O)NC1CCN(C(=O)c2ccccc2N)CC1.Cl. The molecule has 1 heterocycles. The molecule has 1 fully saturated rings. The Morgan fingerprint density at radius 1 is 1.00 bits per heavy atom. The monoisotopic (exact) mass is 373 g/mol. The lowest BCUT2D eigenvalue weighted by Gasteiger charge is -2.32. The molecule has 2 amide bonds. The first-order valence-electron chi connectivity index (χ1n) is 8.56. The highest BCUT2D eigenvalue weighted by Crippen LogP contribution is 2.18. The van der Waals surface area contributed by atoms with E-state index in [4.69, 9.17) is 5.73 Å². The molecule has 0 spiro atoms. The predicted molar refractivity (Wildman–Crippen MR) is 106 cm³/mol. The number of halogens is 1. The van der Waals surface area contributed by atoms with Gasteiger partial charge in [0.05, 0.1) is 5.56 Å². The number of piperidine rings is 1. The number of para-hydroxylation sites is 1. The topological polar surface area (TPSA) is 75.4 Å². The highest BCUT2D eigenvalue weighted by atomic mass is 35.5. The zero-order chi connectivity index (χ0) is 17.8. The Balaban J connectivity index is 0.00000243. The number of anilines is 1. The van der Waals surface area contributed by atoms with Gasteiger partial charge in [0.25, 0.3) is 11.8 Å². The molecule has 1 aliphatic heterocycles. The van der Waals surface area contributed by atoms with Crippen LogP contribution >= 0.6 is 12.4 Å². The van der Waals surface area contributed by atoms with Crippen molar-refractivity contribution in [1.82, 2.24) is 10.2 Å². The van der Waals surface area contributed by atoms with E-state index in [2.05, 4.69) is 5.32 Å². The zero-order valence-electron chi connectivity index (χ0n) is 14.8. The molecule has 5 nitrogen and oxygen atoms in total. The number of nitrogen functional groups attached to an aromatic ring is 1. The van der Waals surface area contributed by atoms with Crippen LogP contribution in [0.3, 0.4) is 0 Å². The van der Waals surface area contributed by atoms with Crippen LogP contribution in [-0.2, 0) is 0 Å². The Morgan fingerprint density at radius 3 is 2.19 bits per heavy atom. The van der Waals surface area contributed by atoms with Gasteiger partial charge in [-0.05, 0) is 43.5 Å². The molecule has 0 unspecified atom stereocenters. The third-order valence-electron chi connectivity index (χ3n) is 4.70. The third kappa shape index (κ3) is 4.35. The first kappa shape index (κ1) is 19.8. The van der Waals surface area contributed by atoms with Gasteiger partial charge in [0.15, 0.2) is 0 Å². The smallest absolute Gasteiger partial charge is 0.255 e. The van der Waals surface area contributed by atoms with Crippen molar-refractivity contribution in [3.63, 3.8) is 0 Å². The van der Waals surface area contributed by atoms with Crippen LogP contribution in [0.5, 0.6) is 0 Å². The van der Waals surface area contributed by atoms with E-state index in [1.165, 1.54) is 0 Å². The number of carbonyl (C=O) groups excluding carboxylic acids is 2. The maximum atomic E-state index is 12.6. The van der Waals surface area contributed by atoms with Crippen molar-refractivity contribution in [3.8, 4) is 0 Å². The van der Waals surface area contributed by atoms with Crippen molar-refractivity contribution in [2.75, 3.05) is 18.8 Å². The number of nitrogens with two attached hydrogens (primary N) is 1. The van der Waals surface area contributed by atoms with Gasteiger partial charge >= 0.3 is 0 Å². The van der Waals surface area contributed by atoms with Gasteiger partial charge in [0, 0.05) is 30.4 Å². The molecule has 0 aromatic heterocycles. The summed E-state index contributed by atoms with van der Waals surface area (Å²) in [6, 6.07) is 14.8. The lowest BCUT2D eigenvalue weighted by Crippen LogP contribution is -2.46. The largest absolute Gasteiger partial charge is 0.398 e. The maximum absolute atomic E-state index is 12.6. The van der Waals surface area contributed by atoms with Crippen LogP contribution in [0.1, 0.15) is 39.1 Å². The fourth-order valence-electron chi connectivity index (χ4n) is 3.18. The molecule has 26 heavy (non-hydrogen) atoms. The van der Waals surface area contributed by atoms with E-state index in [9.17, 15) is 9.59 Å². The van der Waals surface area contributed by atoms with Gasteiger partial charge in [-0.2, -0.15) is 0 Å². The van der Waals surface area contributed by atoms with Gasteiger partial charge in [-0.25, -0.2) is 0 Å². The normalized spacial score (nSPS) is 14.4. The number of hydrogen-bond acceptors (Lipinski definition) is 3. The van der Waals surface area contributed by atoms with E-state index >= 15 is 0 Å². The second kappa shape index (κ2) is 8.72. The number of benzene rings is 2. The molecule has 0 saturated carbocycles. The average molecular weight is 374 g/mol. The molecule has 0 radical (unpaired) electrons. The molecule has 0 atom stereocenters. The van der Waals surface area contributed by atoms with Crippen molar-refractivity contribution in [3.05, 3.63) is 65.2 Å². The summed E-state index contributed by atoms with van der Waals surface area (Å²) in [4.78, 5) is 26.8. The molecule has 6 heteroatoms. The van der Waals surface area contributed by atoms with Crippen molar-refractivity contribution >= 4 is 29.9 Å². The summed E-state index contributed by atoms with van der Waals surface area (Å²) in [5.41, 5.74) is 8.62. The highest BCUT2D eigenvalue weighted by molar-refractivity contribution is 5.99. The van der Waals surface area contributed by atoms with E-state index in [0.717, 1.165) is 18.4 Å². The molecule has 3 rings (SSSR count). The Bertz CT molecular complexity index is 786. The molecule has 138 valence electrons. The van der Waals surface area contributed by atoms with Crippen LogP contribution in [0.15, 0.2) is 48.5 Å². The second-order valence-corrected chi connectivity index (χ2v) is 6.44. The van der Waals surface area contributed by atoms with Gasteiger partial charge in [-0.15, -0.1) is 12.4 Å². The summed E-state index contributed by atoms with van der Waals surface area (Å²) < 4.78 is 0. The van der Waals surface area contributed by atoms with Crippen LogP contribution in [0, 0.1) is 6.92 Å². The van der Waals surface area contributed by atoms with Crippen LogP contribution < -0.4 is 11.1 Å². The van der Waals surface area contributed by atoms with Crippen molar-refractivity contribution < 1.29 is 9.59 Å². The van der Waals surface area contributed by atoms with Crippen LogP contribution in [0.25, 0.3) is 0 Å². The van der Waals surface area contributed by atoms with Gasteiger partial charge in [-0.3, -0.25) is 9.59 Å². The number of rotatable bonds is 3. The summed E-state index contributed by atoms with van der Waals surface area (Å²) in [6.45, 7) is 3.16. The lowest BCUT2D eigenvalue weighted by molar-refractivity contribution is 0.0699. The van der Waals surface area contributed by atoms with E-state index in [-0.39, 0.29) is 30.3 Å². The summed E-state index contributed by atoms with van der Waals surface area (Å²) in [5, 5.41) is 3.09. The van der Waals surface area contributed by atoms with Crippen LogP contribution in [0.4, 0.5) is 5.69 Å². The molecule has 0 bridgehead atoms. The molecule has 2 aromatic carbocycles. The summed E-state index contributed by atoms with van der Waals surface area (Å²) in [6.07, 6.45) is 1.49. The van der Waals surface area contributed by atoms with E-state index in [1.807, 2.05) is 48.2 Å². The molecule has 3 N–H and O–H groups in total. The molecule has 2 aromatic rings. The van der Waals surface area contributed by atoms with Gasteiger partial charge in [0.2, 0.25) is 0 Å². The van der Waals surface area contributed by atoms with Crippen LogP contribution in [-0.4, -0.2) is 35.8 Å². The fourth-order valence-corrected chi connectivity index (χ4v) is 3.18. The zero-order valence-corrected chi connectivity index (χ0v) is 15.6. The first-order chi connectivity index (χ1) is 12.1. The first-order valence-corrected chi connectivity index (χ1v) is 8.56. The molecular weight excluding hydrogens is 350 g/mol. The van der Waals surface area contributed by atoms with E-state index in [1.54, 1.807) is 12.1 Å². The lowest BCUT2D eigenvalue weighted by atomic mass is 10.0. The number of nitrogens with zero attached hydrogens (tertiary/aromatic N) is 1.